The van der Waals surface area contributed by atoms with Crippen molar-refractivity contribution in [2.75, 3.05) is 6.26 Å². The van der Waals surface area contributed by atoms with Gasteiger partial charge in [0.1, 0.15) is 5.78 Å². The molecule has 0 aromatic heterocycles. The molecule has 0 amide bonds. The fourth-order valence-corrected chi connectivity index (χ4v) is 4.42. The second-order valence-electron chi connectivity index (χ2n) is 4.19. The number of hydrogen-bond donors (Lipinski definition) is 0. The van der Waals surface area contributed by atoms with Gasteiger partial charge in [0, 0.05) is 16.6 Å². The maximum absolute atomic E-state index is 11.9. The highest BCUT2D eigenvalue weighted by Crippen LogP contribution is 2.46. The van der Waals surface area contributed by atoms with Gasteiger partial charge < -0.3 is 0 Å². The molecule has 0 radical (unpaired) electrons. The fraction of sp³-hybridized carbons (Fsp3) is 0.462. The van der Waals surface area contributed by atoms with Crippen LogP contribution in [0, 0.1) is 0 Å². The van der Waals surface area contributed by atoms with E-state index in [9.17, 15) is 4.79 Å². The maximum atomic E-state index is 11.9. The van der Waals surface area contributed by atoms with E-state index >= 15 is 0 Å². The quantitative estimate of drug-likeness (QED) is 0.817. The summed E-state index contributed by atoms with van der Waals surface area (Å²) in [5.74, 6) is 0.411. The van der Waals surface area contributed by atoms with Crippen molar-refractivity contribution in [2.24, 2.45) is 0 Å². The Labute approximate surface area is 105 Å². The SMILES string of the molecule is CS[C@]1(C)C(=O)CC[C@@H]1Sc1ccccc1. The van der Waals surface area contributed by atoms with E-state index in [1.165, 1.54) is 4.90 Å². The summed E-state index contributed by atoms with van der Waals surface area (Å²) in [7, 11) is 0. The lowest BCUT2D eigenvalue weighted by Gasteiger charge is -2.27. The van der Waals surface area contributed by atoms with E-state index < -0.39 is 0 Å². The van der Waals surface area contributed by atoms with Crippen LogP contribution in [0.1, 0.15) is 19.8 Å². The van der Waals surface area contributed by atoms with Crippen molar-refractivity contribution >= 4 is 29.3 Å². The zero-order chi connectivity index (χ0) is 11.6. The van der Waals surface area contributed by atoms with Crippen molar-refractivity contribution in [3.63, 3.8) is 0 Å². The third kappa shape index (κ3) is 2.16. The first-order valence-corrected chi connectivity index (χ1v) is 7.57. The average molecular weight is 252 g/mol. The summed E-state index contributed by atoms with van der Waals surface area (Å²) >= 11 is 3.54. The molecule has 0 heterocycles. The normalized spacial score (nSPS) is 29.6. The molecule has 1 aliphatic carbocycles. The van der Waals surface area contributed by atoms with Gasteiger partial charge in [-0.3, -0.25) is 4.79 Å². The number of carbonyl (C=O) groups is 1. The summed E-state index contributed by atoms with van der Waals surface area (Å²) in [5, 5.41) is 0.414. The second kappa shape index (κ2) is 4.84. The van der Waals surface area contributed by atoms with Gasteiger partial charge in [0.25, 0.3) is 0 Å². The summed E-state index contributed by atoms with van der Waals surface area (Å²) in [6.45, 7) is 2.09. The third-order valence-corrected chi connectivity index (χ3v) is 6.29. The Hall–Kier alpha value is -0.410. The minimum Gasteiger partial charge on any atom is -0.298 e. The molecule has 1 saturated carbocycles. The molecule has 1 aromatic rings. The molecule has 0 bridgehead atoms. The number of hydrogen-bond acceptors (Lipinski definition) is 3. The molecule has 0 unspecified atom stereocenters. The highest BCUT2D eigenvalue weighted by molar-refractivity contribution is 8.04. The molecule has 1 fully saturated rings. The van der Waals surface area contributed by atoms with Crippen LogP contribution < -0.4 is 0 Å². The van der Waals surface area contributed by atoms with E-state index in [0.717, 1.165) is 12.8 Å². The lowest BCUT2D eigenvalue weighted by Crippen LogP contribution is -2.34. The fourth-order valence-electron chi connectivity index (χ4n) is 2.05. The number of ketones is 1. The van der Waals surface area contributed by atoms with Gasteiger partial charge in [-0.1, -0.05) is 18.2 Å². The van der Waals surface area contributed by atoms with E-state index in [-0.39, 0.29) is 4.75 Å². The first kappa shape index (κ1) is 12.1. The molecule has 1 nitrogen and oxygen atoms in total. The molecule has 1 aliphatic rings. The van der Waals surface area contributed by atoms with E-state index in [2.05, 4.69) is 31.2 Å². The van der Waals surface area contributed by atoms with Crippen LogP contribution in [0.3, 0.4) is 0 Å². The van der Waals surface area contributed by atoms with Crippen LogP contribution >= 0.6 is 23.5 Å². The zero-order valence-electron chi connectivity index (χ0n) is 9.60. The number of Topliss-reactive ketones (excluding diaryl/α,β-unsaturated/α-hetero) is 1. The Morgan fingerprint density at radius 2 is 2.00 bits per heavy atom. The Bertz CT molecular complexity index is 377. The van der Waals surface area contributed by atoms with Gasteiger partial charge in [-0.15, -0.1) is 23.5 Å². The molecule has 2 atom stereocenters. The van der Waals surface area contributed by atoms with Crippen LogP contribution in [0.2, 0.25) is 0 Å². The lowest BCUT2D eigenvalue weighted by molar-refractivity contribution is -0.118. The van der Waals surface area contributed by atoms with Crippen LogP contribution in [-0.2, 0) is 4.79 Å². The first-order chi connectivity index (χ1) is 7.66. The van der Waals surface area contributed by atoms with Gasteiger partial charge in [-0.25, -0.2) is 0 Å². The maximum Gasteiger partial charge on any atom is 0.149 e. The largest absolute Gasteiger partial charge is 0.298 e. The van der Waals surface area contributed by atoms with Gasteiger partial charge in [-0.2, -0.15) is 0 Å². The molecule has 0 N–H and O–H groups in total. The van der Waals surface area contributed by atoms with E-state index in [1.807, 2.05) is 24.1 Å². The lowest BCUT2D eigenvalue weighted by atomic mass is 10.1. The minimum absolute atomic E-state index is 0.194. The van der Waals surface area contributed by atoms with Crippen molar-refractivity contribution in [1.82, 2.24) is 0 Å². The third-order valence-electron chi connectivity index (χ3n) is 3.25. The average Bonchev–Trinajstić information content (AvgIpc) is 2.59. The van der Waals surface area contributed by atoms with Crippen molar-refractivity contribution in [3.8, 4) is 0 Å². The molecule has 3 heteroatoms. The Balaban J connectivity index is 2.14. The van der Waals surface area contributed by atoms with Crippen LogP contribution in [0.5, 0.6) is 0 Å². The van der Waals surface area contributed by atoms with Gasteiger partial charge in [0.05, 0.1) is 4.75 Å². The van der Waals surface area contributed by atoms with Crippen LogP contribution in [0.25, 0.3) is 0 Å². The van der Waals surface area contributed by atoms with E-state index in [4.69, 9.17) is 0 Å². The predicted molar refractivity (Wildman–Crippen MR) is 72.2 cm³/mol. The Morgan fingerprint density at radius 1 is 1.31 bits per heavy atom. The zero-order valence-corrected chi connectivity index (χ0v) is 11.2. The molecule has 16 heavy (non-hydrogen) atoms. The molecular weight excluding hydrogens is 236 g/mol. The summed E-state index contributed by atoms with van der Waals surface area (Å²) in [4.78, 5) is 13.2. The highest BCUT2D eigenvalue weighted by Gasteiger charge is 2.45. The van der Waals surface area contributed by atoms with Crippen LogP contribution in [0.4, 0.5) is 0 Å². The van der Waals surface area contributed by atoms with Crippen molar-refractivity contribution in [2.45, 2.75) is 34.7 Å². The number of carbonyl (C=O) groups excluding carboxylic acids is 1. The molecule has 86 valence electrons. The smallest absolute Gasteiger partial charge is 0.149 e. The van der Waals surface area contributed by atoms with Gasteiger partial charge in [0.2, 0.25) is 0 Å². The molecular formula is C13H16OS2. The van der Waals surface area contributed by atoms with Crippen LogP contribution in [-0.4, -0.2) is 22.0 Å². The summed E-state index contributed by atoms with van der Waals surface area (Å²) < 4.78 is -0.194. The molecule has 0 saturated heterocycles. The van der Waals surface area contributed by atoms with E-state index in [1.54, 1.807) is 11.8 Å². The highest BCUT2D eigenvalue weighted by atomic mass is 32.2. The Morgan fingerprint density at radius 3 is 2.62 bits per heavy atom. The molecule has 1 aromatic carbocycles. The molecule has 0 aliphatic heterocycles. The van der Waals surface area contributed by atoms with Gasteiger partial charge >= 0.3 is 0 Å². The van der Waals surface area contributed by atoms with Crippen LogP contribution in [0.15, 0.2) is 35.2 Å². The Kier molecular flexibility index (Phi) is 3.65. The van der Waals surface area contributed by atoms with Crippen molar-refractivity contribution < 1.29 is 4.79 Å². The predicted octanol–water partition coefficient (Wildman–Crippen LogP) is 3.63. The second-order valence-corrected chi connectivity index (χ2v) is 6.73. The van der Waals surface area contributed by atoms with Gasteiger partial charge in [-0.05, 0) is 31.7 Å². The first-order valence-electron chi connectivity index (χ1n) is 5.47. The topological polar surface area (TPSA) is 17.1 Å². The number of benzene rings is 1. The molecule has 2 rings (SSSR count). The summed E-state index contributed by atoms with van der Waals surface area (Å²) in [6, 6.07) is 10.4. The van der Waals surface area contributed by atoms with Crippen molar-refractivity contribution in [1.29, 1.82) is 0 Å². The van der Waals surface area contributed by atoms with Gasteiger partial charge in [0.15, 0.2) is 0 Å². The minimum atomic E-state index is -0.194. The van der Waals surface area contributed by atoms with E-state index in [0.29, 0.717) is 11.0 Å². The molecule has 0 spiro atoms. The number of thioether (sulfide) groups is 2. The summed E-state index contributed by atoms with van der Waals surface area (Å²) in [6.07, 6.45) is 3.79. The monoisotopic (exact) mass is 252 g/mol. The number of rotatable bonds is 3. The van der Waals surface area contributed by atoms with Crippen molar-refractivity contribution in [3.05, 3.63) is 30.3 Å². The standard InChI is InChI=1S/C13H16OS2/c1-13(15-2)11(14)8-9-12(13)16-10-6-4-3-5-7-10/h3-7,12H,8-9H2,1-2H3/t12-,13+/m0/s1. The summed E-state index contributed by atoms with van der Waals surface area (Å²) in [5.41, 5.74) is 0.